The molecular formula is C10H17N3O3. The molecule has 0 bridgehead atoms. The number of esters is 1. The fourth-order valence-corrected chi connectivity index (χ4v) is 2.38. The van der Waals surface area contributed by atoms with Crippen LogP contribution in [-0.4, -0.2) is 67.2 Å². The van der Waals surface area contributed by atoms with Gasteiger partial charge in [-0.2, -0.15) is 0 Å². The molecule has 6 heteroatoms. The third-order valence-electron chi connectivity index (χ3n) is 3.26. The summed E-state index contributed by atoms with van der Waals surface area (Å²) in [6.45, 7) is 4.52. The summed E-state index contributed by atoms with van der Waals surface area (Å²) < 4.78 is 4.74. The van der Waals surface area contributed by atoms with Crippen LogP contribution in [0.25, 0.3) is 0 Å². The summed E-state index contributed by atoms with van der Waals surface area (Å²) in [7, 11) is 1.37. The van der Waals surface area contributed by atoms with Crippen molar-refractivity contribution in [3.63, 3.8) is 0 Å². The Hall–Kier alpha value is -1.30. The van der Waals surface area contributed by atoms with Crippen LogP contribution in [0.2, 0.25) is 0 Å². The second-order valence-corrected chi connectivity index (χ2v) is 4.04. The van der Waals surface area contributed by atoms with Crippen molar-refractivity contribution in [3.05, 3.63) is 0 Å². The van der Waals surface area contributed by atoms with Gasteiger partial charge in [0, 0.05) is 26.2 Å². The molecule has 0 unspecified atom stereocenters. The van der Waals surface area contributed by atoms with Crippen molar-refractivity contribution < 1.29 is 14.3 Å². The van der Waals surface area contributed by atoms with E-state index < -0.39 is 0 Å². The number of fused-ring (bicyclic) bond motifs is 1. The molecule has 2 heterocycles. The number of carbonyl (C=O) groups excluding carboxylic acids is 2. The molecule has 2 amide bonds. The van der Waals surface area contributed by atoms with Crippen molar-refractivity contribution in [2.24, 2.45) is 0 Å². The first-order valence-electron chi connectivity index (χ1n) is 5.55. The van der Waals surface area contributed by atoms with E-state index in [9.17, 15) is 9.59 Å². The van der Waals surface area contributed by atoms with Crippen LogP contribution in [0.4, 0.5) is 4.79 Å². The van der Waals surface area contributed by atoms with Gasteiger partial charge in [-0.1, -0.05) is 0 Å². The molecule has 0 aliphatic carbocycles. The summed E-state index contributed by atoms with van der Waals surface area (Å²) in [6, 6.07) is -0.448. The molecule has 2 atom stereocenters. The van der Waals surface area contributed by atoms with Crippen LogP contribution in [0.15, 0.2) is 0 Å². The first-order valence-corrected chi connectivity index (χ1v) is 5.55. The minimum absolute atomic E-state index is 0.0305. The van der Waals surface area contributed by atoms with Gasteiger partial charge in [-0.3, -0.25) is 4.79 Å². The van der Waals surface area contributed by atoms with Gasteiger partial charge in [-0.25, -0.2) is 4.79 Å². The molecule has 0 aromatic rings. The third-order valence-corrected chi connectivity index (χ3v) is 3.26. The first-order chi connectivity index (χ1) is 7.69. The van der Waals surface area contributed by atoms with E-state index in [4.69, 9.17) is 4.74 Å². The Balaban J connectivity index is 2.15. The number of methoxy groups -OCH3 is 1. The minimum atomic E-state index is -0.390. The first kappa shape index (κ1) is 11.2. The van der Waals surface area contributed by atoms with Gasteiger partial charge >= 0.3 is 12.0 Å². The van der Waals surface area contributed by atoms with Crippen molar-refractivity contribution in [3.8, 4) is 0 Å². The molecule has 0 aromatic heterocycles. The number of nitrogens with zero attached hydrogens (tertiary/aromatic N) is 2. The van der Waals surface area contributed by atoms with Crippen molar-refractivity contribution in [1.82, 2.24) is 15.1 Å². The highest BCUT2D eigenvalue weighted by atomic mass is 16.5. The van der Waals surface area contributed by atoms with Crippen LogP contribution in [0.5, 0.6) is 0 Å². The molecule has 1 N–H and O–H groups in total. The molecule has 0 spiro atoms. The van der Waals surface area contributed by atoms with Crippen molar-refractivity contribution >= 4 is 12.0 Å². The maximum Gasteiger partial charge on any atom is 0.325 e. The number of hydrogen-bond donors (Lipinski definition) is 1. The quantitative estimate of drug-likeness (QED) is 0.631. The summed E-state index contributed by atoms with van der Waals surface area (Å²) in [5, 5.41) is 3.11. The lowest BCUT2D eigenvalue weighted by molar-refractivity contribution is -0.145. The van der Waals surface area contributed by atoms with E-state index in [1.165, 1.54) is 7.11 Å². The van der Waals surface area contributed by atoms with Gasteiger partial charge in [0.25, 0.3) is 0 Å². The average Bonchev–Trinajstić information content (AvgIpc) is 2.65. The number of carbonyl (C=O) groups is 2. The maximum absolute atomic E-state index is 11.9. The van der Waals surface area contributed by atoms with Gasteiger partial charge in [-0.05, 0) is 6.92 Å². The smallest absolute Gasteiger partial charge is 0.325 e. The third kappa shape index (κ3) is 1.63. The zero-order valence-corrected chi connectivity index (χ0v) is 9.60. The number of ether oxygens (including phenoxy) is 1. The SMILES string of the molecule is CCN1C[C@H]2[C@@H](C(=O)OC)NCCN2C1=O. The number of hydrogen-bond acceptors (Lipinski definition) is 4. The number of likely N-dealkylation sites (N-methyl/N-ethyl adjacent to an activating group) is 1. The lowest BCUT2D eigenvalue weighted by Gasteiger charge is -2.34. The highest BCUT2D eigenvalue weighted by molar-refractivity contribution is 5.82. The van der Waals surface area contributed by atoms with E-state index in [1.807, 2.05) is 6.92 Å². The lowest BCUT2D eigenvalue weighted by Crippen LogP contribution is -2.60. The monoisotopic (exact) mass is 227 g/mol. The minimum Gasteiger partial charge on any atom is -0.468 e. The van der Waals surface area contributed by atoms with E-state index >= 15 is 0 Å². The Bertz CT molecular complexity index is 308. The van der Waals surface area contributed by atoms with Crippen LogP contribution >= 0.6 is 0 Å². The Kier molecular flexibility index (Phi) is 3.00. The molecule has 2 rings (SSSR count). The van der Waals surface area contributed by atoms with E-state index in [1.54, 1.807) is 9.80 Å². The normalized spacial score (nSPS) is 29.2. The van der Waals surface area contributed by atoms with Gasteiger partial charge in [0.05, 0.1) is 13.2 Å². The van der Waals surface area contributed by atoms with Gasteiger partial charge in [0.15, 0.2) is 0 Å². The van der Waals surface area contributed by atoms with Crippen molar-refractivity contribution in [1.29, 1.82) is 0 Å². The van der Waals surface area contributed by atoms with Crippen LogP contribution in [-0.2, 0) is 9.53 Å². The van der Waals surface area contributed by atoms with Crippen LogP contribution < -0.4 is 5.32 Å². The largest absolute Gasteiger partial charge is 0.468 e. The summed E-state index contributed by atoms with van der Waals surface area (Å²) in [5.74, 6) is -0.291. The second-order valence-electron chi connectivity index (χ2n) is 4.04. The highest BCUT2D eigenvalue weighted by Gasteiger charge is 2.45. The van der Waals surface area contributed by atoms with Crippen LogP contribution in [0.1, 0.15) is 6.92 Å². The van der Waals surface area contributed by atoms with Gasteiger partial charge in [0.2, 0.25) is 0 Å². The fourth-order valence-electron chi connectivity index (χ4n) is 2.38. The number of nitrogens with one attached hydrogen (secondary N) is 1. The molecule has 0 aromatic carbocycles. The highest BCUT2D eigenvalue weighted by Crippen LogP contribution is 2.21. The summed E-state index contributed by atoms with van der Waals surface area (Å²) in [6.07, 6.45) is 0. The Morgan fingerprint density at radius 3 is 3.00 bits per heavy atom. The topological polar surface area (TPSA) is 61.9 Å². The molecule has 16 heavy (non-hydrogen) atoms. The molecular weight excluding hydrogens is 210 g/mol. The molecule has 2 fully saturated rings. The van der Waals surface area contributed by atoms with E-state index in [-0.39, 0.29) is 24.1 Å². The summed E-state index contributed by atoms with van der Waals surface area (Å²) >= 11 is 0. The standard InChI is InChI=1S/C10H17N3O3/c1-3-12-6-7-8(9(14)16-2)11-4-5-13(7)10(12)15/h7-8,11H,3-6H2,1-2H3/t7-,8-/m0/s1. The Morgan fingerprint density at radius 2 is 2.38 bits per heavy atom. The predicted molar refractivity (Wildman–Crippen MR) is 56.9 cm³/mol. The van der Waals surface area contributed by atoms with E-state index in [0.29, 0.717) is 26.2 Å². The van der Waals surface area contributed by atoms with Crippen LogP contribution in [0.3, 0.4) is 0 Å². The number of urea groups is 1. The zero-order chi connectivity index (χ0) is 11.7. The molecule has 0 radical (unpaired) electrons. The van der Waals surface area contributed by atoms with Gasteiger partial charge in [0.1, 0.15) is 6.04 Å². The predicted octanol–water partition coefficient (Wildman–Crippen LogP) is -0.743. The van der Waals surface area contributed by atoms with E-state index in [0.717, 1.165) is 0 Å². The zero-order valence-electron chi connectivity index (χ0n) is 9.60. The average molecular weight is 227 g/mol. The van der Waals surface area contributed by atoms with Gasteiger partial charge in [-0.15, -0.1) is 0 Å². The molecule has 2 aliphatic heterocycles. The number of rotatable bonds is 2. The summed E-state index contributed by atoms with van der Waals surface area (Å²) in [4.78, 5) is 27.0. The second kappa shape index (κ2) is 4.29. The Morgan fingerprint density at radius 1 is 1.62 bits per heavy atom. The van der Waals surface area contributed by atoms with Crippen LogP contribution in [0, 0.1) is 0 Å². The molecule has 0 saturated carbocycles. The van der Waals surface area contributed by atoms with Gasteiger partial charge < -0.3 is 19.9 Å². The Labute approximate surface area is 94.5 Å². The number of amides is 2. The lowest BCUT2D eigenvalue weighted by atomic mass is 10.1. The molecule has 6 nitrogen and oxygen atoms in total. The van der Waals surface area contributed by atoms with E-state index in [2.05, 4.69) is 5.32 Å². The van der Waals surface area contributed by atoms with Crippen molar-refractivity contribution in [2.45, 2.75) is 19.0 Å². The maximum atomic E-state index is 11.9. The molecule has 2 aliphatic rings. The number of piperazine rings is 1. The van der Waals surface area contributed by atoms with Crippen molar-refractivity contribution in [2.75, 3.05) is 33.3 Å². The molecule has 2 saturated heterocycles. The molecule has 90 valence electrons. The fraction of sp³-hybridized carbons (Fsp3) is 0.800. The summed E-state index contributed by atoms with van der Waals surface area (Å²) in [5.41, 5.74) is 0.